The van der Waals surface area contributed by atoms with Gasteiger partial charge in [0.15, 0.2) is 11.5 Å². The highest BCUT2D eigenvalue weighted by Crippen LogP contribution is 2.34. The van der Waals surface area contributed by atoms with Crippen molar-refractivity contribution in [1.82, 2.24) is 0 Å². The third-order valence-corrected chi connectivity index (χ3v) is 4.90. The zero-order valence-electron chi connectivity index (χ0n) is 15.3. The maximum absolute atomic E-state index is 6.48. The Bertz CT molecular complexity index is 912. The smallest absolute Gasteiger partial charge is 0.163 e. The number of nitrogens with one attached hydrogen (secondary N) is 1. The summed E-state index contributed by atoms with van der Waals surface area (Å²) >= 11 is 18.3. The molecule has 3 aromatic carbocycles. The summed E-state index contributed by atoms with van der Waals surface area (Å²) in [6.45, 7) is 3.42. The van der Waals surface area contributed by atoms with E-state index >= 15 is 0 Å². The van der Waals surface area contributed by atoms with Gasteiger partial charge in [-0.2, -0.15) is 0 Å². The first kappa shape index (κ1) is 20.7. The lowest BCUT2D eigenvalue weighted by atomic mass is 10.2. The van der Waals surface area contributed by atoms with E-state index in [2.05, 4.69) is 5.32 Å². The van der Waals surface area contributed by atoms with E-state index in [1.165, 1.54) is 0 Å². The second-order valence-corrected chi connectivity index (χ2v) is 7.38. The first-order chi connectivity index (χ1) is 13.5. The maximum Gasteiger partial charge on any atom is 0.163 e. The van der Waals surface area contributed by atoms with Gasteiger partial charge < -0.3 is 14.8 Å². The van der Waals surface area contributed by atoms with Crippen LogP contribution in [0.5, 0.6) is 11.5 Å². The summed E-state index contributed by atoms with van der Waals surface area (Å²) in [6, 6.07) is 18.7. The molecule has 0 aliphatic heterocycles. The molecular formula is C22H20Cl3NO2. The van der Waals surface area contributed by atoms with Crippen molar-refractivity contribution in [3.63, 3.8) is 0 Å². The van der Waals surface area contributed by atoms with Crippen LogP contribution in [0.15, 0.2) is 60.7 Å². The molecule has 0 saturated carbocycles. The third-order valence-electron chi connectivity index (χ3n) is 4.05. The van der Waals surface area contributed by atoms with Crippen LogP contribution >= 0.6 is 34.8 Å². The van der Waals surface area contributed by atoms with Gasteiger partial charge in [0.2, 0.25) is 0 Å². The zero-order chi connectivity index (χ0) is 19.9. The Morgan fingerprint density at radius 3 is 2.04 bits per heavy atom. The highest BCUT2D eigenvalue weighted by atomic mass is 35.5. The lowest BCUT2D eigenvalue weighted by Gasteiger charge is -2.16. The zero-order valence-corrected chi connectivity index (χ0v) is 17.6. The number of hydrogen-bond donors (Lipinski definition) is 1. The highest BCUT2D eigenvalue weighted by Gasteiger charge is 2.12. The van der Waals surface area contributed by atoms with E-state index in [4.69, 9.17) is 44.3 Å². The molecule has 0 amide bonds. The fourth-order valence-corrected chi connectivity index (χ4v) is 3.07. The molecule has 146 valence electrons. The van der Waals surface area contributed by atoms with Crippen molar-refractivity contribution in [2.45, 2.75) is 20.1 Å². The molecule has 0 atom stereocenters. The molecule has 0 aliphatic rings. The standard InChI is InChI=1S/C22H20Cl3NO2/c1-2-27-21-11-16(13-26-19-9-7-18(24)8-10-19)20(25)12-22(21)28-14-15-3-5-17(23)6-4-15/h3-12,26H,2,13-14H2,1H3. The van der Waals surface area contributed by atoms with Gasteiger partial charge in [0.1, 0.15) is 6.61 Å². The normalized spacial score (nSPS) is 10.6. The molecule has 0 fully saturated rings. The number of hydrogen-bond acceptors (Lipinski definition) is 3. The largest absolute Gasteiger partial charge is 0.490 e. The minimum absolute atomic E-state index is 0.399. The van der Waals surface area contributed by atoms with E-state index in [0.717, 1.165) is 16.8 Å². The van der Waals surface area contributed by atoms with Gasteiger partial charge in [0, 0.05) is 33.4 Å². The molecule has 3 rings (SSSR count). The Kier molecular flexibility index (Phi) is 7.32. The second kappa shape index (κ2) is 9.92. The lowest BCUT2D eigenvalue weighted by molar-refractivity contribution is 0.269. The molecule has 6 heteroatoms. The Labute approximate surface area is 180 Å². The molecule has 1 N–H and O–H groups in total. The van der Waals surface area contributed by atoms with E-state index in [1.54, 1.807) is 6.07 Å². The molecule has 0 radical (unpaired) electrons. The average Bonchev–Trinajstić information content (AvgIpc) is 2.69. The predicted molar refractivity (Wildman–Crippen MR) is 117 cm³/mol. The number of anilines is 1. The summed E-state index contributed by atoms with van der Waals surface area (Å²) in [4.78, 5) is 0. The van der Waals surface area contributed by atoms with Crippen LogP contribution in [0.4, 0.5) is 5.69 Å². The van der Waals surface area contributed by atoms with Crippen molar-refractivity contribution in [3.8, 4) is 11.5 Å². The summed E-state index contributed by atoms with van der Waals surface area (Å²) in [6.07, 6.45) is 0. The van der Waals surface area contributed by atoms with Gasteiger partial charge >= 0.3 is 0 Å². The fourth-order valence-electron chi connectivity index (χ4n) is 2.60. The molecule has 0 bridgehead atoms. The summed E-state index contributed by atoms with van der Waals surface area (Å²) in [5, 5.41) is 5.33. The lowest BCUT2D eigenvalue weighted by Crippen LogP contribution is -2.04. The summed E-state index contributed by atoms with van der Waals surface area (Å²) in [5.41, 5.74) is 2.89. The second-order valence-electron chi connectivity index (χ2n) is 6.10. The average molecular weight is 437 g/mol. The van der Waals surface area contributed by atoms with Gasteiger partial charge in [-0.15, -0.1) is 0 Å². The maximum atomic E-state index is 6.48. The van der Waals surface area contributed by atoms with Crippen LogP contribution < -0.4 is 14.8 Å². The van der Waals surface area contributed by atoms with Gasteiger partial charge in [0.05, 0.1) is 6.61 Å². The van der Waals surface area contributed by atoms with Crippen LogP contribution in [0.2, 0.25) is 15.1 Å². The van der Waals surface area contributed by atoms with Crippen molar-refractivity contribution in [2.24, 2.45) is 0 Å². The topological polar surface area (TPSA) is 30.5 Å². The van der Waals surface area contributed by atoms with Gasteiger partial charge in [-0.1, -0.05) is 46.9 Å². The van der Waals surface area contributed by atoms with E-state index in [9.17, 15) is 0 Å². The predicted octanol–water partition coefficient (Wildman–Crippen LogP) is 7.24. The highest BCUT2D eigenvalue weighted by molar-refractivity contribution is 6.31. The molecule has 0 spiro atoms. The van der Waals surface area contributed by atoms with Crippen LogP contribution in [0.3, 0.4) is 0 Å². The number of ether oxygens (including phenoxy) is 2. The Balaban J connectivity index is 1.72. The molecule has 28 heavy (non-hydrogen) atoms. The first-order valence-electron chi connectivity index (χ1n) is 8.87. The number of rotatable bonds is 8. The van der Waals surface area contributed by atoms with Gasteiger partial charge in [-0.25, -0.2) is 0 Å². The van der Waals surface area contributed by atoms with Crippen molar-refractivity contribution in [2.75, 3.05) is 11.9 Å². The summed E-state index contributed by atoms with van der Waals surface area (Å²) < 4.78 is 11.7. The number of halogens is 3. The Hall–Kier alpha value is -2.07. The number of benzene rings is 3. The molecular weight excluding hydrogens is 417 g/mol. The van der Waals surface area contributed by atoms with Crippen LogP contribution in [0.1, 0.15) is 18.1 Å². The SMILES string of the molecule is CCOc1cc(CNc2ccc(Cl)cc2)c(Cl)cc1OCc1ccc(Cl)cc1. The van der Waals surface area contributed by atoms with Crippen molar-refractivity contribution < 1.29 is 9.47 Å². The molecule has 3 nitrogen and oxygen atoms in total. The quantitative estimate of drug-likeness (QED) is 0.404. The molecule has 0 heterocycles. The van der Waals surface area contributed by atoms with Gasteiger partial charge in [-0.3, -0.25) is 0 Å². The van der Waals surface area contributed by atoms with E-state index in [-0.39, 0.29) is 0 Å². The Morgan fingerprint density at radius 2 is 1.39 bits per heavy atom. The summed E-state index contributed by atoms with van der Waals surface area (Å²) in [5.74, 6) is 1.27. The minimum atomic E-state index is 0.399. The molecule has 0 saturated heterocycles. The Morgan fingerprint density at radius 1 is 0.786 bits per heavy atom. The van der Waals surface area contributed by atoms with Crippen LogP contribution in [0, 0.1) is 0 Å². The van der Waals surface area contributed by atoms with Crippen molar-refractivity contribution in [3.05, 3.63) is 86.9 Å². The summed E-state index contributed by atoms with van der Waals surface area (Å²) in [7, 11) is 0. The monoisotopic (exact) mass is 435 g/mol. The third kappa shape index (κ3) is 5.71. The van der Waals surface area contributed by atoms with Gasteiger partial charge in [-0.05, 0) is 60.5 Å². The molecule has 0 aromatic heterocycles. The van der Waals surface area contributed by atoms with Crippen LogP contribution in [0.25, 0.3) is 0 Å². The van der Waals surface area contributed by atoms with Crippen LogP contribution in [-0.2, 0) is 13.2 Å². The van der Waals surface area contributed by atoms with Gasteiger partial charge in [0.25, 0.3) is 0 Å². The van der Waals surface area contributed by atoms with E-state index < -0.39 is 0 Å². The van der Waals surface area contributed by atoms with E-state index in [0.29, 0.717) is 46.3 Å². The van der Waals surface area contributed by atoms with E-state index in [1.807, 2.05) is 61.5 Å². The van der Waals surface area contributed by atoms with Crippen molar-refractivity contribution >= 4 is 40.5 Å². The minimum Gasteiger partial charge on any atom is -0.490 e. The fraction of sp³-hybridized carbons (Fsp3) is 0.182. The van der Waals surface area contributed by atoms with Crippen molar-refractivity contribution in [1.29, 1.82) is 0 Å². The molecule has 3 aromatic rings. The van der Waals surface area contributed by atoms with Crippen LogP contribution in [-0.4, -0.2) is 6.61 Å². The molecule has 0 aliphatic carbocycles. The first-order valence-corrected chi connectivity index (χ1v) is 10.0. The molecule has 0 unspecified atom stereocenters.